The second kappa shape index (κ2) is 8.27. The van der Waals surface area contributed by atoms with Crippen molar-refractivity contribution in [3.05, 3.63) is 84.4 Å². The summed E-state index contributed by atoms with van der Waals surface area (Å²) in [5.74, 6) is 2.34. The lowest BCUT2D eigenvalue weighted by atomic mass is 9.96. The van der Waals surface area contributed by atoms with Gasteiger partial charge in [0, 0.05) is 17.6 Å². The van der Waals surface area contributed by atoms with Crippen molar-refractivity contribution < 1.29 is 14.3 Å². The Hall–Kier alpha value is -3.47. The summed E-state index contributed by atoms with van der Waals surface area (Å²) >= 11 is 0. The molecule has 0 spiro atoms. The van der Waals surface area contributed by atoms with Gasteiger partial charge in [0.2, 0.25) is 0 Å². The monoisotopic (exact) mass is 388 g/mol. The molecule has 0 aromatic heterocycles. The zero-order chi connectivity index (χ0) is 20.1. The standard InChI is InChI=1S/C24H24N2O3/c1-28-20-11-7-18(8-12-20)24(15-16-24)17-25-23(27)26-19-9-13-22(14-10-19)29-21-5-3-2-4-6-21/h2-14H,15-17H2,1H3,(H2,25,26,27). The molecule has 29 heavy (non-hydrogen) atoms. The number of anilines is 1. The van der Waals surface area contributed by atoms with Crippen LogP contribution in [0.4, 0.5) is 10.5 Å². The van der Waals surface area contributed by atoms with Crippen molar-refractivity contribution in [3.63, 3.8) is 0 Å². The van der Waals surface area contributed by atoms with Crippen LogP contribution < -0.4 is 20.1 Å². The molecule has 1 saturated carbocycles. The van der Waals surface area contributed by atoms with E-state index >= 15 is 0 Å². The lowest BCUT2D eigenvalue weighted by Crippen LogP contribution is -2.35. The number of nitrogens with one attached hydrogen (secondary N) is 2. The summed E-state index contributed by atoms with van der Waals surface area (Å²) in [6.45, 7) is 0.611. The summed E-state index contributed by atoms with van der Waals surface area (Å²) in [6, 6.07) is 24.8. The van der Waals surface area contributed by atoms with Gasteiger partial charge in [-0.15, -0.1) is 0 Å². The molecule has 0 heterocycles. The van der Waals surface area contributed by atoms with Crippen LogP contribution in [0.3, 0.4) is 0 Å². The molecule has 0 unspecified atom stereocenters. The van der Waals surface area contributed by atoms with Crippen molar-refractivity contribution in [1.29, 1.82) is 0 Å². The van der Waals surface area contributed by atoms with Crippen LogP contribution in [0.1, 0.15) is 18.4 Å². The second-order valence-corrected chi connectivity index (χ2v) is 7.26. The summed E-state index contributed by atoms with van der Waals surface area (Å²) in [6.07, 6.45) is 2.15. The van der Waals surface area contributed by atoms with E-state index in [9.17, 15) is 4.79 Å². The van der Waals surface area contributed by atoms with Gasteiger partial charge in [-0.1, -0.05) is 30.3 Å². The van der Waals surface area contributed by atoms with Gasteiger partial charge in [0.15, 0.2) is 0 Å². The van der Waals surface area contributed by atoms with E-state index in [-0.39, 0.29) is 11.4 Å². The maximum absolute atomic E-state index is 12.3. The highest BCUT2D eigenvalue weighted by Gasteiger charge is 2.44. The average Bonchev–Trinajstić information content (AvgIpc) is 3.56. The number of benzene rings is 3. The van der Waals surface area contributed by atoms with E-state index in [1.54, 1.807) is 7.11 Å². The van der Waals surface area contributed by atoms with E-state index in [0.29, 0.717) is 6.54 Å². The van der Waals surface area contributed by atoms with Crippen LogP contribution >= 0.6 is 0 Å². The quantitative estimate of drug-likeness (QED) is 0.574. The SMILES string of the molecule is COc1ccc(C2(CNC(=O)Nc3ccc(Oc4ccccc4)cc3)CC2)cc1. The predicted molar refractivity (Wildman–Crippen MR) is 114 cm³/mol. The van der Waals surface area contributed by atoms with E-state index in [1.165, 1.54) is 5.56 Å². The van der Waals surface area contributed by atoms with Gasteiger partial charge in [0.05, 0.1) is 7.11 Å². The molecule has 5 nitrogen and oxygen atoms in total. The fraction of sp³-hybridized carbons (Fsp3) is 0.208. The Balaban J connectivity index is 1.29. The number of ether oxygens (including phenoxy) is 2. The van der Waals surface area contributed by atoms with Gasteiger partial charge in [0.25, 0.3) is 0 Å². The number of rotatable bonds is 7. The predicted octanol–water partition coefficient (Wildman–Crippen LogP) is 5.34. The normalized spacial score (nSPS) is 14.0. The molecule has 0 saturated heterocycles. The molecule has 148 valence electrons. The van der Waals surface area contributed by atoms with Crippen molar-refractivity contribution in [2.24, 2.45) is 0 Å². The zero-order valence-corrected chi connectivity index (χ0v) is 16.4. The Morgan fingerprint density at radius 2 is 1.48 bits per heavy atom. The van der Waals surface area contributed by atoms with Gasteiger partial charge in [-0.05, 0) is 66.9 Å². The molecule has 2 N–H and O–H groups in total. The number of amides is 2. The van der Waals surface area contributed by atoms with Gasteiger partial charge < -0.3 is 20.1 Å². The molecular weight excluding hydrogens is 364 g/mol. The molecular formula is C24H24N2O3. The fourth-order valence-corrected chi connectivity index (χ4v) is 3.32. The van der Waals surface area contributed by atoms with Gasteiger partial charge >= 0.3 is 6.03 Å². The third-order valence-corrected chi connectivity index (χ3v) is 5.23. The largest absolute Gasteiger partial charge is 0.497 e. The first-order chi connectivity index (χ1) is 14.2. The van der Waals surface area contributed by atoms with Crippen molar-refractivity contribution in [2.45, 2.75) is 18.3 Å². The molecule has 3 aromatic rings. The number of urea groups is 1. The van der Waals surface area contributed by atoms with Crippen LogP contribution in [0.15, 0.2) is 78.9 Å². The number of para-hydroxylation sites is 1. The van der Waals surface area contributed by atoms with Crippen LogP contribution in [0.25, 0.3) is 0 Å². The Bertz CT molecular complexity index is 950. The van der Waals surface area contributed by atoms with Crippen LogP contribution in [-0.2, 0) is 5.41 Å². The Kier molecular flexibility index (Phi) is 5.38. The first-order valence-corrected chi connectivity index (χ1v) is 9.69. The van der Waals surface area contributed by atoms with Crippen LogP contribution in [0, 0.1) is 0 Å². The molecule has 1 fully saturated rings. The highest BCUT2D eigenvalue weighted by molar-refractivity contribution is 5.89. The number of carbonyl (C=O) groups is 1. The molecule has 1 aliphatic rings. The van der Waals surface area contributed by atoms with E-state index in [4.69, 9.17) is 9.47 Å². The molecule has 0 bridgehead atoms. The van der Waals surface area contributed by atoms with Crippen molar-refractivity contribution in [2.75, 3.05) is 19.0 Å². The van der Waals surface area contributed by atoms with Crippen molar-refractivity contribution in [3.8, 4) is 17.2 Å². The molecule has 3 aromatic carbocycles. The molecule has 0 aliphatic heterocycles. The Morgan fingerprint density at radius 3 is 2.10 bits per heavy atom. The van der Waals surface area contributed by atoms with Crippen LogP contribution in [-0.4, -0.2) is 19.7 Å². The minimum Gasteiger partial charge on any atom is -0.497 e. The van der Waals surface area contributed by atoms with Gasteiger partial charge in [-0.3, -0.25) is 0 Å². The molecule has 1 aliphatic carbocycles. The summed E-state index contributed by atoms with van der Waals surface area (Å²) < 4.78 is 11.0. The minimum absolute atomic E-state index is 0.0387. The maximum Gasteiger partial charge on any atom is 0.319 e. The number of hydrogen-bond donors (Lipinski definition) is 2. The van der Waals surface area contributed by atoms with E-state index in [2.05, 4.69) is 22.8 Å². The lowest BCUT2D eigenvalue weighted by molar-refractivity contribution is 0.251. The Labute approximate surface area is 170 Å². The summed E-state index contributed by atoms with van der Waals surface area (Å²) in [5, 5.41) is 5.88. The first-order valence-electron chi connectivity index (χ1n) is 9.69. The third-order valence-electron chi connectivity index (χ3n) is 5.23. The third kappa shape index (κ3) is 4.69. The number of methoxy groups -OCH3 is 1. The molecule has 0 atom stereocenters. The minimum atomic E-state index is -0.207. The maximum atomic E-state index is 12.3. The van der Waals surface area contributed by atoms with Crippen LogP contribution in [0.5, 0.6) is 17.2 Å². The molecule has 5 heteroatoms. The van der Waals surface area contributed by atoms with E-state index in [0.717, 1.165) is 35.8 Å². The van der Waals surface area contributed by atoms with Crippen LogP contribution in [0.2, 0.25) is 0 Å². The van der Waals surface area contributed by atoms with Gasteiger partial charge in [0.1, 0.15) is 17.2 Å². The highest BCUT2D eigenvalue weighted by Crippen LogP contribution is 2.47. The zero-order valence-electron chi connectivity index (χ0n) is 16.4. The number of hydrogen-bond acceptors (Lipinski definition) is 3. The highest BCUT2D eigenvalue weighted by atomic mass is 16.5. The lowest BCUT2D eigenvalue weighted by Gasteiger charge is -2.17. The summed E-state index contributed by atoms with van der Waals surface area (Å²) in [4.78, 5) is 12.3. The average molecular weight is 388 g/mol. The molecule has 2 amide bonds. The first kappa shape index (κ1) is 18.9. The number of carbonyl (C=O) groups excluding carboxylic acids is 1. The molecule has 4 rings (SSSR count). The topological polar surface area (TPSA) is 59.6 Å². The summed E-state index contributed by atoms with van der Waals surface area (Å²) in [7, 11) is 1.66. The van der Waals surface area contributed by atoms with E-state index < -0.39 is 0 Å². The fourth-order valence-electron chi connectivity index (χ4n) is 3.32. The van der Waals surface area contributed by atoms with Gasteiger partial charge in [-0.25, -0.2) is 4.79 Å². The van der Waals surface area contributed by atoms with Gasteiger partial charge in [-0.2, -0.15) is 0 Å². The van der Waals surface area contributed by atoms with Crippen molar-refractivity contribution in [1.82, 2.24) is 5.32 Å². The second-order valence-electron chi connectivity index (χ2n) is 7.26. The molecule has 0 radical (unpaired) electrons. The van der Waals surface area contributed by atoms with E-state index in [1.807, 2.05) is 66.7 Å². The van der Waals surface area contributed by atoms with Crippen molar-refractivity contribution >= 4 is 11.7 Å². The Morgan fingerprint density at radius 1 is 0.862 bits per heavy atom. The summed E-state index contributed by atoms with van der Waals surface area (Å²) in [5.41, 5.74) is 2.00. The smallest absolute Gasteiger partial charge is 0.319 e.